The highest BCUT2D eigenvalue weighted by Gasteiger charge is 2.23. The number of carboxylic acid groups (broad SMARTS) is 2. The quantitative estimate of drug-likeness (QED) is 0.0943. The highest BCUT2D eigenvalue weighted by Crippen LogP contribution is 2.42. The van der Waals surface area contributed by atoms with Crippen LogP contribution in [0, 0.1) is 0 Å². The van der Waals surface area contributed by atoms with Crippen molar-refractivity contribution in [2.24, 2.45) is 0 Å². The van der Waals surface area contributed by atoms with Crippen molar-refractivity contribution in [1.29, 1.82) is 0 Å². The van der Waals surface area contributed by atoms with Crippen LogP contribution in [-0.4, -0.2) is 97.6 Å². The van der Waals surface area contributed by atoms with Gasteiger partial charge in [-0.05, 0) is 54.1 Å². The standard InChI is InChI=1S/C31H33N3O6S.C2H2O4/c1-32-31(37)33-11-14-40-24-8-5-20(6-9-24)30-28(25-10-7-23(35)18-27(25)41-30)29(36)21-3-4-22(26(17-21)38-2)19-34-12-15-39-16-13-34;3-1(4)2(5)6/h3-10,17-18,35H,11-16,19H2,1-2H3,(H2,32,33,37);(H,3,4)(H,5,6). The van der Waals surface area contributed by atoms with Crippen molar-refractivity contribution in [1.82, 2.24) is 15.5 Å². The summed E-state index contributed by atoms with van der Waals surface area (Å²) in [6.45, 7) is 4.56. The molecule has 1 aromatic heterocycles. The van der Waals surface area contributed by atoms with Crippen molar-refractivity contribution in [2.45, 2.75) is 6.54 Å². The minimum Gasteiger partial charge on any atom is -0.508 e. The van der Waals surface area contributed by atoms with Gasteiger partial charge in [-0.1, -0.05) is 12.1 Å². The molecular weight excluding hydrogens is 630 g/mol. The number of amides is 2. The van der Waals surface area contributed by atoms with E-state index in [4.69, 9.17) is 34.0 Å². The van der Waals surface area contributed by atoms with Crippen molar-refractivity contribution in [3.8, 4) is 27.7 Å². The Morgan fingerprint density at radius 3 is 2.30 bits per heavy atom. The fraction of sp³-hybridized carbons (Fsp3) is 0.273. The summed E-state index contributed by atoms with van der Waals surface area (Å²) >= 11 is 1.46. The Labute approximate surface area is 274 Å². The van der Waals surface area contributed by atoms with Gasteiger partial charge < -0.3 is 40.2 Å². The molecule has 1 fully saturated rings. The number of rotatable bonds is 10. The Balaban J connectivity index is 0.000000762. The van der Waals surface area contributed by atoms with Gasteiger partial charge in [0.1, 0.15) is 23.9 Å². The van der Waals surface area contributed by atoms with E-state index in [1.807, 2.05) is 42.5 Å². The molecule has 0 aliphatic carbocycles. The SMILES string of the molecule is CNC(=O)NCCOc1ccc(-c2sc3cc(O)ccc3c2C(=O)c2ccc(CN3CCOCC3)c(OC)c2)cc1.O=C(O)C(=O)O. The number of aromatic hydroxyl groups is 1. The summed E-state index contributed by atoms with van der Waals surface area (Å²) in [5.41, 5.74) is 3.00. The van der Waals surface area contributed by atoms with Crippen LogP contribution in [0.25, 0.3) is 20.5 Å². The van der Waals surface area contributed by atoms with Gasteiger partial charge in [0.05, 0.1) is 26.9 Å². The van der Waals surface area contributed by atoms with Gasteiger partial charge in [-0.2, -0.15) is 0 Å². The Morgan fingerprint density at radius 1 is 0.957 bits per heavy atom. The fourth-order valence-electron chi connectivity index (χ4n) is 4.80. The van der Waals surface area contributed by atoms with Crippen LogP contribution >= 0.6 is 11.3 Å². The number of phenols is 1. The molecular formula is C33H35N3O10S. The average molecular weight is 666 g/mol. The van der Waals surface area contributed by atoms with Crippen molar-refractivity contribution in [3.05, 3.63) is 77.4 Å². The van der Waals surface area contributed by atoms with Gasteiger partial charge >= 0.3 is 18.0 Å². The van der Waals surface area contributed by atoms with Gasteiger partial charge in [0.15, 0.2) is 5.78 Å². The normalized spacial score (nSPS) is 12.8. The summed E-state index contributed by atoms with van der Waals surface area (Å²) in [5.74, 6) is -2.29. The minimum atomic E-state index is -1.82. The van der Waals surface area contributed by atoms with E-state index in [0.29, 0.717) is 49.0 Å². The van der Waals surface area contributed by atoms with Crippen LogP contribution in [0.4, 0.5) is 4.79 Å². The number of hydrogen-bond donors (Lipinski definition) is 5. The summed E-state index contributed by atoms with van der Waals surface area (Å²) < 4.78 is 17.7. The van der Waals surface area contributed by atoms with E-state index in [-0.39, 0.29) is 17.6 Å². The largest absolute Gasteiger partial charge is 0.508 e. The topological polar surface area (TPSA) is 184 Å². The summed E-state index contributed by atoms with van der Waals surface area (Å²) in [5, 5.41) is 30.9. The van der Waals surface area contributed by atoms with E-state index in [1.54, 1.807) is 32.4 Å². The van der Waals surface area contributed by atoms with Crippen LogP contribution in [0.1, 0.15) is 21.5 Å². The van der Waals surface area contributed by atoms with Crippen molar-refractivity contribution in [2.75, 3.05) is 53.6 Å². The lowest BCUT2D eigenvalue weighted by Gasteiger charge is -2.27. The zero-order valence-electron chi connectivity index (χ0n) is 25.8. The van der Waals surface area contributed by atoms with E-state index < -0.39 is 11.9 Å². The number of carbonyl (C=O) groups is 4. The summed E-state index contributed by atoms with van der Waals surface area (Å²) in [4.78, 5) is 46.7. The first-order valence-electron chi connectivity index (χ1n) is 14.5. The molecule has 5 rings (SSSR count). The number of aliphatic carboxylic acids is 2. The van der Waals surface area contributed by atoms with Crippen LogP contribution in [0.2, 0.25) is 0 Å². The number of carbonyl (C=O) groups excluding carboxylic acids is 2. The second-order valence-corrected chi connectivity index (χ2v) is 11.3. The third-order valence-electron chi connectivity index (χ3n) is 7.13. The lowest BCUT2D eigenvalue weighted by molar-refractivity contribution is -0.159. The molecule has 47 heavy (non-hydrogen) atoms. The number of nitrogens with one attached hydrogen (secondary N) is 2. The Morgan fingerprint density at radius 2 is 1.66 bits per heavy atom. The molecule has 0 radical (unpaired) electrons. The van der Waals surface area contributed by atoms with E-state index >= 15 is 0 Å². The molecule has 248 valence electrons. The lowest BCUT2D eigenvalue weighted by atomic mass is 9.96. The molecule has 0 unspecified atom stereocenters. The summed E-state index contributed by atoms with van der Waals surface area (Å²) in [7, 11) is 3.18. The molecule has 1 aliphatic heterocycles. The van der Waals surface area contributed by atoms with Gasteiger partial charge in [0.25, 0.3) is 0 Å². The highest BCUT2D eigenvalue weighted by molar-refractivity contribution is 7.22. The van der Waals surface area contributed by atoms with Crippen LogP contribution in [-0.2, 0) is 20.9 Å². The van der Waals surface area contributed by atoms with Crippen LogP contribution in [0.5, 0.6) is 17.2 Å². The molecule has 0 bridgehead atoms. The molecule has 4 aromatic rings. The number of ether oxygens (including phenoxy) is 3. The Kier molecular flexibility index (Phi) is 12.1. The number of nitrogens with zero attached hydrogens (tertiary/aromatic N) is 1. The smallest absolute Gasteiger partial charge is 0.414 e. The molecule has 5 N–H and O–H groups in total. The highest BCUT2D eigenvalue weighted by atomic mass is 32.1. The third-order valence-corrected chi connectivity index (χ3v) is 8.33. The number of thiophene rings is 1. The van der Waals surface area contributed by atoms with Crippen molar-refractivity contribution >= 4 is 45.2 Å². The van der Waals surface area contributed by atoms with Gasteiger partial charge in [-0.3, -0.25) is 9.69 Å². The maximum atomic E-state index is 14.1. The van der Waals surface area contributed by atoms with Crippen LogP contribution in [0.15, 0.2) is 60.7 Å². The number of ketones is 1. The number of benzene rings is 3. The maximum Gasteiger partial charge on any atom is 0.414 e. The second-order valence-electron chi connectivity index (χ2n) is 10.2. The first kappa shape index (κ1) is 34.7. The van der Waals surface area contributed by atoms with Gasteiger partial charge in [-0.25, -0.2) is 14.4 Å². The molecule has 0 saturated carbocycles. The molecule has 0 atom stereocenters. The van der Waals surface area contributed by atoms with Gasteiger partial charge in [-0.15, -0.1) is 11.3 Å². The fourth-order valence-corrected chi connectivity index (χ4v) is 6.04. The molecule has 2 heterocycles. The monoisotopic (exact) mass is 665 g/mol. The Bertz CT molecular complexity index is 1720. The van der Waals surface area contributed by atoms with E-state index in [1.165, 1.54) is 11.3 Å². The number of methoxy groups -OCH3 is 1. The summed E-state index contributed by atoms with van der Waals surface area (Å²) in [6, 6.07) is 18.0. The molecule has 3 aromatic carbocycles. The first-order chi connectivity index (χ1) is 22.6. The van der Waals surface area contributed by atoms with E-state index in [0.717, 1.165) is 45.7 Å². The number of fused-ring (bicyclic) bond motifs is 1. The molecule has 14 heteroatoms. The number of morpholine rings is 1. The first-order valence-corrected chi connectivity index (χ1v) is 15.3. The van der Waals surface area contributed by atoms with Crippen molar-refractivity contribution < 1.29 is 48.7 Å². The third kappa shape index (κ3) is 9.19. The average Bonchev–Trinajstić information content (AvgIpc) is 3.45. The summed E-state index contributed by atoms with van der Waals surface area (Å²) in [6.07, 6.45) is 0. The maximum absolute atomic E-state index is 14.1. The minimum absolute atomic E-state index is 0.117. The Hall–Kier alpha value is -5.18. The number of hydrogen-bond acceptors (Lipinski definition) is 10. The zero-order valence-corrected chi connectivity index (χ0v) is 26.6. The molecule has 2 amide bonds. The van der Waals surface area contributed by atoms with Gasteiger partial charge in [0.2, 0.25) is 0 Å². The van der Waals surface area contributed by atoms with Gasteiger partial charge in [0, 0.05) is 58.3 Å². The predicted molar refractivity (Wildman–Crippen MR) is 175 cm³/mol. The second kappa shape index (κ2) is 16.4. The lowest BCUT2D eigenvalue weighted by Crippen LogP contribution is -2.35. The number of urea groups is 1. The van der Waals surface area contributed by atoms with E-state index in [2.05, 4.69) is 15.5 Å². The molecule has 13 nitrogen and oxygen atoms in total. The zero-order chi connectivity index (χ0) is 33.9. The molecule has 1 saturated heterocycles. The van der Waals surface area contributed by atoms with E-state index in [9.17, 15) is 14.7 Å². The molecule has 1 aliphatic rings. The van der Waals surface area contributed by atoms with Crippen LogP contribution < -0.4 is 20.1 Å². The predicted octanol–water partition coefficient (Wildman–Crippen LogP) is 3.81. The number of phenolic OH excluding ortho intramolecular Hbond substituents is 1. The molecule has 0 spiro atoms. The van der Waals surface area contributed by atoms with Crippen LogP contribution in [0.3, 0.4) is 0 Å². The number of carboxylic acids is 2. The van der Waals surface area contributed by atoms with Crippen molar-refractivity contribution in [3.63, 3.8) is 0 Å².